The van der Waals surface area contributed by atoms with Gasteiger partial charge in [0.15, 0.2) is 5.82 Å². The minimum Gasteiger partial charge on any atom is -0.497 e. The van der Waals surface area contributed by atoms with Crippen molar-refractivity contribution in [3.05, 3.63) is 47.1 Å². The summed E-state index contributed by atoms with van der Waals surface area (Å²) >= 11 is 0. The molecule has 8 nitrogen and oxygen atoms in total. The van der Waals surface area contributed by atoms with Gasteiger partial charge in [0.25, 0.3) is 5.91 Å². The molecule has 0 fully saturated rings. The monoisotopic (exact) mass is 339 g/mol. The van der Waals surface area contributed by atoms with Gasteiger partial charge in [-0.3, -0.25) is 4.79 Å². The lowest BCUT2D eigenvalue weighted by atomic mass is 9.94. The second-order valence-electron chi connectivity index (χ2n) is 5.94. The number of carbonyl (C=O) groups is 1. The molecule has 25 heavy (non-hydrogen) atoms. The highest BCUT2D eigenvalue weighted by Crippen LogP contribution is 2.28. The van der Waals surface area contributed by atoms with Crippen LogP contribution in [0.15, 0.2) is 28.8 Å². The smallest absolute Gasteiger partial charge is 0.271 e. The Bertz CT molecular complexity index is 930. The molecule has 128 valence electrons. The summed E-state index contributed by atoms with van der Waals surface area (Å²) in [5.41, 5.74) is 2.24. The summed E-state index contributed by atoms with van der Waals surface area (Å²) in [4.78, 5) is 24.1. The molecule has 2 N–H and O–H groups in total. The fourth-order valence-corrected chi connectivity index (χ4v) is 3.00. The van der Waals surface area contributed by atoms with E-state index in [1.165, 1.54) is 0 Å². The fraction of sp³-hybridized carbons (Fsp3) is 0.294. The van der Waals surface area contributed by atoms with E-state index >= 15 is 0 Å². The van der Waals surface area contributed by atoms with E-state index in [1.807, 2.05) is 24.3 Å². The van der Waals surface area contributed by atoms with E-state index in [9.17, 15) is 4.79 Å². The predicted octanol–water partition coefficient (Wildman–Crippen LogP) is 1.85. The Morgan fingerprint density at radius 3 is 2.96 bits per heavy atom. The number of aromatic amines is 1. The molecule has 2 aromatic heterocycles. The average Bonchev–Trinajstić information content (AvgIpc) is 3.21. The molecule has 0 spiro atoms. The number of nitrogens with one attached hydrogen (secondary N) is 2. The third kappa shape index (κ3) is 2.86. The predicted molar refractivity (Wildman–Crippen MR) is 88.4 cm³/mol. The molecule has 0 bridgehead atoms. The van der Waals surface area contributed by atoms with Gasteiger partial charge < -0.3 is 19.6 Å². The molecule has 1 aromatic carbocycles. The Morgan fingerprint density at radius 1 is 1.32 bits per heavy atom. The van der Waals surface area contributed by atoms with E-state index in [4.69, 9.17) is 9.26 Å². The molecule has 0 saturated carbocycles. The molecule has 1 aliphatic rings. The lowest BCUT2D eigenvalue weighted by molar-refractivity contribution is 0.0950. The van der Waals surface area contributed by atoms with Gasteiger partial charge in [0.2, 0.25) is 11.7 Å². The van der Waals surface area contributed by atoms with Crippen molar-refractivity contribution in [1.29, 1.82) is 0 Å². The van der Waals surface area contributed by atoms with Crippen LogP contribution in [0, 0.1) is 6.92 Å². The highest BCUT2D eigenvalue weighted by atomic mass is 16.5. The number of rotatable bonds is 3. The molecular weight excluding hydrogens is 322 g/mol. The molecule has 8 heteroatoms. The molecule has 0 radical (unpaired) electrons. The third-order valence-corrected chi connectivity index (χ3v) is 4.26. The SMILES string of the molecule is COc1cccc(C2CNC(=O)c3nc(-c4noc(C)n4)[nH]c3C2)c1. The minimum atomic E-state index is -0.205. The summed E-state index contributed by atoms with van der Waals surface area (Å²) in [5.74, 6) is 1.92. The van der Waals surface area contributed by atoms with Gasteiger partial charge in [0.05, 0.1) is 7.11 Å². The Labute approximate surface area is 143 Å². The van der Waals surface area contributed by atoms with Crippen LogP contribution in [0.4, 0.5) is 0 Å². The van der Waals surface area contributed by atoms with Crippen molar-refractivity contribution >= 4 is 5.91 Å². The topological polar surface area (TPSA) is 106 Å². The Kier molecular flexibility index (Phi) is 3.72. The lowest BCUT2D eigenvalue weighted by Gasteiger charge is -2.15. The van der Waals surface area contributed by atoms with Gasteiger partial charge in [-0.2, -0.15) is 4.98 Å². The van der Waals surface area contributed by atoms with Crippen LogP contribution in [0.1, 0.15) is 33.6 Å². The Morgan fingerprint density at radius 2 is 2.20 bits per heavy atom. The van der Waals surface area contributed by atoms with E-state index in [0.29, 0.717) is 36.2 Å². The zero-order chi connectivity index (χ0) is 17.4. The summed E-state index contributed by atoms with van der Waals surface area (Å²) in [6.45, 7) is 2.24. The molecular formula is C17H17N5O3. The standard InChI is InChI=1S/C17H17N5O3/c1-9-19-16(22-25-9)15-20-13-7-11(8-18-17(23)14(13)21-15)10-4-3-5-12(6-10)24-2/h3-6,11H,7-8H2,1-2H3,(H,18,23)(H,20,21). The zero-order valence-corrected chi connectivity index (χ0v) is 13.9. The molecule has 3 aromatic rings. The summed E-state index contributed by atoms with van der Waals surface area (Å²) in [6.07, 6.45) is 0.644. The van der Waals surface area contributed by atoms with Gasteiger partial charge in [0.1, 0.15) is 11.4 Å². The summed E-state index contributed by atoms with van der Waals surface area (Å²) in [5, 5.41) is 6.78. The number of H-pyrrole nitrogens is 1. The number of hydrogen-bond acceptors (Lipinski definition) is 6. The first-order chi connectivity index (χ1) is 12.1. The van der Waals surface area contributed by atoms with E-state index in [2.05, 4.69) is 25.4 Å². The molecule has 0 saturated heterocycles. The van der Waals surface area contributed by atoms with E-state index in [0.717, 1.165) is 17.0 Å². The number of benzene rings is 1. The van der Waals surface area contributed by atoms with Crippen molar-refractivity contribution in [2.45, 2.75) is 19.3 Å². The van der Waals surface area contributed by atoms with Gasteiger partial charge in [-0.05, 0) is 24.1 Å². The van der Waals surface area contributed by atoms with E-state index < -0.39 is 0 Å². The number of aryl methyl sites for hydroxylation is 1. The number of nitrogens with zero attached hydrogens (tertiary/aromatic N) is 3. The number of imidazole rings is 1. The molecule has 1 atom stereocenters. The Balaban J connectivity index is 1.68. The summed E-state index contributed by atoms with van der Waals surface area (Å²) < 4.78 is 10.3. The second kappa shape index (κ2) is 6.04. The molecule has 1 aliphatic heterocycles. The average molecular weight is 339 g/mol. The second-order valence-corrected chi connectivity index (χ2v) is 5.94. The normalized spacial score (nSPS) is 16.9. The van der Waals surface area contributed by atoms with E-state index in [1.54, 1.807) is 14.0 Å². The molecule has 1 unspecified atom stereocenters. The fourth-order valence-electron chi connectivity index (χ4n) is 3.00. The molecule has 3 heterocycles. The van der Waals surface area contributed by atoms with Gasteiger partial charge in [-0.1, -0.05) is 17.3 Å². The molecule has 4 rings (SSSR count). The summed E-state index contributed by atoms with van der Waals surface area (Å²) in [7, 11) is 1.64. The van der Waals surface area contributed by atoms with Gasteiger partial charge in [-0.15, -0.1) is 0 Å². The van der Waals surface area contributed by atoms with Crippen molar-refractivity contribution in [2.75, 3.05) is 13.7 Å². The third-order valence-electron chi connectivity index (χ3n) is 4.26. The molecule has 1 amide bonds. The maximum Gasteiger partial charge on any atom is 0.271 e. The largest absolute Gasteiger partial charge is 0.497 e. The number of methoxy groups -OCH3 is 1. The van der Waals surface area contributed by atoms with Crippen LogP contribution in [-0.4, -0.2) is 39.7 Å². The number of hydrogen-bond donors (Lipinski definition) is 2. The van der Waals surface area contributed by atoms with Crippen molar-refractivity contribution in [3.8, 4) is 17.4 Å². The van der Waals surface area contributed by atoms with Crippen LogP contribution in [0.3, 0.4) is 0 Å². The zero-order valence-electron chi connectivity index (χ0n) is 13.9. The lowest BCUT2D eigenvalue weighted by Crippen LogP contribution is -2.26. The number of amides is 1. The minimum absolute atomic E-state index is 0.112. The van der Waals surface area contributed by atoms with Crippen LogP contribution in [0.2, 0.25) is 0 Å². The van der Waals surface area contributed by atoms with Crippen LogP contribution < -0.4 is 10.1 Å². The number of carbonyl (C=O) groups excluding carboxylic acids is 1. The quantitative estimate of drug-likeness (QED) is 0.754. The Hall–Kier alpha value is -3.16. The maximum atomic E-state index is 12.4. The summed E-state index contributed by atoms with van der Waals surface area (Å²) in [6, 6.07) is 7.87. The van der Waals surface area contributed by atoms with Crippen LogP contribution in [0.5, 0.6) is 5.75 Å². The highest BCUT2D eigenvalue weighted by molar-refractivity contribution is 5.94. The first kappa shape index (κ1) is 15.4. The van der Waals surface area contributed by atoms with Gasteiger partial charge >= 0.3 is 0 Å². The van der Waals surface area contributed by atoms with Crippen molar-refractivity contribution in [1.82, 2.24) is 25.4 Å². The van der Waals surface area contributed by atoms with Crippen LogP contribution in [-0.2, 0) is 6.42 Å². The number of ether oxygens (including phenoxy) is 1. The van der Waals surface area contributed by atoms with E-state index in [-0.39, 0.29) is 11.8 Å². The van der Waals surface area contributed by atoms with Gasteiger partial charge in [-0.25, -0.2) is 4.98 Å². The molecule has 0 aliphatic carbocycles. The highest BCUT2D eigenvalue weighted by Gasteiger charge is 2.27. The number of aromatic nitrogens is 4. The van der Waals surface area contributed by atoms with Crippen LogP contribution in [0.25, 0.3) is 11.6 Å². The first-order valence-corrected chi connectivity index (χ1v) is 7.95. The van der Waals surface area contributed by atoms with Crippen molar-refractivity contribution in [3.63, 3.8) is 0 Å². The van der Waals surface area contributed by atoms with Crippen LogP contribution >= 0.6 is 0 Å². The van der Waals surface area contributed by atoms with Crippen molar-refractivity contribution < 1.29 is 14.1 Å². The van der Waals surface area contributed by atoms with Gasteiger partial charge in [0, 0.05) is 25.1 Å². The number of fused-ring (bicyclic) bond motifs is 1. The first-order valence-electron chi connectivity index (χ1n) is 7.95. The van der Waals surface area contributed by atoms with Crippen molar-refractivity contribution in [2.24, 2.45) is 0 Å². The maximum absolute atomic E-state index is 12.4.